The number of aryl methyl sites for hydroxylation is 2. The first-order valence-corrected chi connectivity index (χ1v) is 7.90. The minimum Gasteiger partial charge on any atom is -0.320 e. The number of anilines is 1. The Balaban J connectivity index is 2.17. The second kappa shape index (κ2) is 5.68. The fourth-order valence-corrected chi connectivity index (χ4v) is 3.11. The van der Waals surface area contributed by atoms with E-state index in [9.17, 15) is 14.4 Å². The Morgan fingerprint density at radius 3 is 2.30 bits per heavy atom. The molecule has 0 fully saturated rings. The predicted molar refractivity (Wildman–Crippen MR) is 91.7 cm³/mol. The molecule has 1 aromatic carbocycles. The third-order valence-electron chi connectivity index (χ3n) is 3.57. The Morgan fingerprint density at radius 2 is 1.74 bits per heavy atom. The maximum atomic E-state index is 12.2. The monoisotopic (exact) mass is 349 g/mol. The third-order valence-corrected chi connectivity index (χ3v) is 4.75. The van der Waals surface area contributed by atoms with Crippen molar-refractivity contribution >= 4 is 45.6 Å². The van der Waals surface area contributed by atoms with Crippen molar-refractivity contribution in [1.29, 1.82) is 0 Å². The lowest BCUT2D eigenvalue weighted by atomic mass is 10.2. The van der Waals surface area contributed by atoms with Crippen molar-refractivity contribution in [2.24, 2.45) is 14.1 Å². The van der Waals surface area contributed by atoms with Gasteiger partial charge in [0.2, 0.25) is 0 Å². The van der Waals surface area contributed by atoms with Gasteiger partial charge in [-0.15, -0.1) is 11.3 Å². The second-order valence-electron chi connectivity index (χ2n) is 4.98. The number of hydrogen-bond acceptors (Lipinski definition) is 4. The number of fused-ring (bicyclic) bond motifs is 1. The van der Waals surface area contributed by atoms with Gasteiger partial charge in [-0.05, 0) is 23.6 Å². The molecule has 8 heteroatoms. The van der Waals surface area contributed by atoms with E-state index in [0.717, 1.165) is 0 Å². The summed E-state index contributed by atoms with van der Waals surface area (Å²) in [6.07, 6.45) is 0. The number of thiophene rings is 1. The summed E-state index contributed by atoms with van der Waals surface area (Å²) in [5, 5.41) is 4.81. The first-order valence-electron chi connectivity index (χ1n) is 6.64. The summed E-state index contributed by atoms with van der Waals surface area (Å²) < 4.78 is 2.49. The molecule has 23 heavy (non-hydrogen) atoms. The number of halogens is 1. The van der Waals surface area contributed by atoms with E-state index in [-0.39, 0.29) is 10.9 Å². The lowest BCUT2D eigenvalue weighted by Gasteiger charge is -2.12. The molecule has 0 saturated carbocycles. The number of aromatic nitrogens is 2. The second-order valence-corrected chi connectivity index (χ2v) is 6.34. The van der Waals surface area contributed by atoms with Gasteiger partial charge in [0.1, 0.15) is 0 Å². The van der Waals surface area contributed by atoms with Crippen LogP contribution in [0.2, 0.25) is 5.02 Å². The van der Waals surface area contributed by atoms with E-state index in [1.54, 1.807) is 29.6 Å². The number of carbonyl (C=O) groups is 1. The molecule has 0 atom stereocenters. The molecule has 0 bridgehead atoms. The maximum absolute atomic E-state index is 12.2. The quantitative estimate of drug-likeness (QED) is 0.721. The van der Waals surface area contributed by atoms with Crippen molar-refractivity contribution in [2.45, 2.75) is 0 Å². The highest BCUT2D eigenvalue weighted by Crippen LogP contribution is 2.27. The number of rotatable bonds is 2. The molecule has 2 aromatic heterocycles. The van der Waals surface area contributed by atoms with Gasteiger partial charge in [-0.3, -0.25) is 14.4 Å². The van der Waals surface area contributed by atoms with Crippen LogP contribution < -0.4 is 16.4 Å². The van der Waals surface area contributed by atoms with Gasteiger partial charge in [0.15, 0.2) is 0 Å². The van der Waals surface area contributed by atoms with Crippen LogP contribution in [-0.2, 0) is 14.1 Å². The van der Waals surface area contributed by atoms with Crippen LogP contribution in [0.5, 0.6) is 0 Å². The van der Waals surface area contributed by atoms with E-state index in [4.69, 9.17) is 11.6 Å². The maximum Gasteiger partial charge on any atom is 0.316 e. The van der Waals surface area contributed by atoms with Crippen LogP contribution in [0, 0.1) is 0 Å². The first-order chi connectivity index (χ1) is 10.9. The zero-order valence-electron chi connectivity index (χ0n) is 12.3. The normalized spacial score (nSPS) is 10.9. The highest BCUT2D eigenvalue weighted by molar-refractivity contribution is 7.12. The molecule has 0 spiro atoms. The van der Waals surface area contributed by atoms with Gasteiger partial charge in [0.05, 0.1) is 26.6 Å². The van der Waals surface area contributed by atoms with Gasteiger partial charge in [-0.1, -0.05) is 17.7 Å². The molecular formula is C15H12ClN3O3S. The first kappa shape index (κ1) is 15.5. The highest BCUT2D eigenvalue weighted by atomic mass is 35.5. The molecule has 6 nitrogen and oxygen atoms in total. The predicted octanol–water partition coefficient (Wildman–Crippen LogP) is 2.20. The summed E-state index contributed by atoms with van der Waals surface area (Å²) in [6, 6.07) is 6.63. The Kier molecular flexibility index (Phi) is 3.83. The SMILES string of the molecule is Cn1c(=O)c(=O)n(C)c2cc(NC(=O)c3cccs3)c(Cl)cc21. The molecule has 3 rings (SSSR count). The number of benzene rings is 1. The molecule has 1 amide bonds. The molecular weight excluding hydrogens is 338 g/mol. The molecule has 2 heterocycles. The fraction of sp³-hybridized carbons (Fsp3) is 0.133. The molecule has 0 aliphatic carbocycles. The number of nitrogens with zero attached hydrogens (tertiary/aromatic N) is 2. The molecule has 3 aromatic rings. The molecule has 0 unspecified atom stereocenters. The number of nitrogens with one attached hydrogen (secondary N) is 1. The summed E-state index contributed by atoms with van der Waals surface area (Å²) in [5.41, 5.74) is 0.120. The van der Waals surface area contributed by atoms with E-state index in [2.05, 4.69) is 5.32 Å². The summed E-state index contributed by atoms with van der Waals surface area (Å²) in [5.74, 6) is -0.281. The Bertz CT molecular complexity index is 1030. The van der Waals surface area contributed by atoms with E-state index in [1.165, 1.54) is 34.6 Å². The van der Waals surface area contributed by atoms with Gasteiger partial charge in [0.25, 0.3) is 5.91 Å². The molecule has 0 aliphatic rings. The summed E-state index contributed by atoms with van der Waals surface area (Å²) in [7, 11) is 3.01. The van der Waals surface area contributed by atoms with E-state index in [1.807, 2.05) is 0 Å². The zero-order chi connectivity index (χ0) is 16.7. The van der Waals surface area contributed by atoms with Crippen LogP contribution in [0.3, 0.4) is 0 Å². The largest absolute Gasteiger partial charge is 0.320 e. The van der Waals surface area contributed by atoms with E-state index >= 15 is 0 Å². The van der Waals surface area contributed by atoms with Crippen molar-refractivity contribution in [3.63, 3.8) is 0 Å². The van der Waals surface area contributed by atoms with Crippen LogP contribution in [0.4, 0.5) is 5.69 Å². The van der Waals surface area contributed by atoms with Crippen LogP contribution in [0.1, 0.15) is 9.67 Å². The number of amides is 1. The summed E-state index contributed by atoms with van der Waals surface area (Å²) >= 11 is 7.53. The highest BCUT2D eigenvalue weighted by Gasteiger charge is 2.14. The summed E-state index contributed by atoms with van der Waals surface area (Å²) in [6.45, 7) is 0. The molecule has 0 saturated heterocycles. The Hall–Kier alpha value is -2.38. The van der Waals surface area contributed by atoms with Crippen molar-refractivity contribution in [3.05, 3.63) is 60.3 Å². The van der Waals surface area contributed by atoms with Crippen molar-refractivity contribution in [2.75, 3.05) is 5.32 Å². The topological polar surface area (TPSA) is 73.1 Å². The smallest absolute Gasteiger partial charge is 0.316 e. The van der Waals surface area contributed by atoms with Crippen molar-refractivity contribution in [3.8, 4) is 0 Å². The summed E-state index contributed by atoms with van der Waals surface area (Å²) in [4.78, 5) is 36.5. The van der Waals surface area contributed by atoms with Crippen LogP contribution in [0.15, 0.2) is 39.2 Å². The molecule has 0 aliphatic heterocycles. The van der Waals surface area contributed by atoms with Gasteiger partial charge in [-0.25, -0.2) is 0 Å². The van der Waals surface area contributed by atoms with Gasteiger partial charge < -0.3 is 14.5 Å². The van der Waals surface area contributed by atoms with E-state index < -0.39 is 11.1 Å². The Morgan fingerprint density at radius 1 is 1.13 bits per heavy atom. The van der Waals surface area contributed by atoms with Crippen molar-refractivity contribution < 1.29 is 4.79 Å². The number of carbonyl (C=O) groups excluding carboxylic acids is 1. The van der Waals surface area contributed by atoms with Crippen LogP contribution >= 0.6 is 22.9 Å². The molecule has 0 radical (unpaired) electrons. The zero-order valence-corrected chi connectivity index (χ0v) is 13.9. The van der Waals surface area contributed by atoms with E-state index in [0.29, 0.717) is 21.6 Å². The van der Waals surface area contributed by atoms with Crippen LogP contribution in [0.25, 0.3) is 11.0 Å². The average molecular weight is 350 g/mol. The van der Waals surface area contributed by atoms with Gasteiger partial charge in [0, 0.05) is 14.1 Å². The minimum atomic E-state index is -0.641. The van der Waals surface area contributed by atoms with Crippen LogP contribution in [-0.4, -0.2) is 15.0 Å². The lowest BCUT2D eigenvalue weighted by molar-refractivity contribution is 0.103. The average Bonchev–Trinajstić information content (AvgIpc) is 3.07. The number of hydrogen-bond donors (Lipinski definition) is 1. The molecule has 118 valence electrons. The minimum absolute atomic E-state index is 0.281. The van der Waals surface area contributed by atoms with Gasteiger partial charge in [-0.2, -0.15) is 0 Å². The fourth-order valence-electron chi connectivity index (χ4n) is 2.28. The molecule has 1 N–H and O–H groups in total. The lowest BCUT2D eigenvalue weighted by Crippen LogP contribution is -2.39. The van der Waals surface area contributed by atoms with Gasteiger partial charge >= 0.3 is 11.1 Å². The third kappa shape index (κ3) is 2.58. The Labute approximate surface area is 139 Å². The standard InChI is InChI=1S/C15H12ClN3O3S/c1-18-10-6-8(16)9(17-13(20)12-4-3-5-23-12)7-11(10)19(2)15(22)14(18)21/h3-7H,1-2H3,(H,17,20). The van der Waals surface area contributed by atoms with Crippen molar-refractivity contribution in [1.82, 2.24) is 9.13 Å².